The van der Waals surface area contributed by atoms with Gasteiger partial charge in [0, 0.05) is 0 Å². The Kier molecular flexibility index (Phi) is 5.72. The maximum absolute atomic E-state index is 11.1. The van der Waals surface area contributed by atoms with Gasteiger partial charge in [0.15, 0.2) is 0 Å². The average Bonchev–Trinajstić information content (AvgIpc) is 2.23. The highest BCUT2D eigenvalue weighted by Gasteiger charge is 2.26. The number of halogens is 1. The zero-order valence-electron chi connectivity index (χ0n) is 9.94. The first-order chi connectivity index (χ1) is 7.52. The molecule has 1 fully saturated rings. The minimum absolute atomic E-state index is 0.170. The lowest BCUT2D eigenvalue weighted by Crippen LogP contribution is -2.36. The summed E-state index contributed by atoms with van der Waals surface area (Å²) in [7, 11) is 1.37. The number of carbonyl (C=O) groups is 1. The summed E-state index contributed by atoms with van der Waals surface area (Å²) in [5.41, 5.74) is 0. The summed E-state index contributed by atoms with van der Waals surface area (Å²) in [5.74, 6) is -0.298. The Balaban J connectivity index is 2.29. The number of methoxy groups -OCH3 is 1. The number of hydrogen-bond acceptors (Lipinski definition) is 4. The van der Waals surface area contributed by atoms with Gasteiger partial charge in [-0.15, -0.1) is 0 Å². The van der Waals surface area contributed by atoms with E-state index in [2.05, 4.69) is 20.7 Å². The molecule has 0 saturated carbocycles. The SMILES string of the molecule is COC(=O)C(Br)COC1CC(C)OC(C)C1. The monoisotopic (exact) mass is 294 g/mol. The first kappa shape index (κ1) is 13.9. The molecule has 94 valence electrons. The molecule has 0 aliphatic carbocycles. The summed E-state index contributed by atoms with van der Waals surface area (Å²) in [6.07, 6.45) is 2.38. The van der Waals surface area contributed by atoms with Crippen LogP contribution in [0.2, 0.25) is 0 Å². The summed E-state index contributed by atoms with van der Waals surface area (Å²) in [6, 6.07) is 0. The molecule has 3 unspecified atom stereocenters. The zero-order valence-corrected chi connectivity index (χ0v) is 11.5. The van der Waals surface area contributed by atoms with Crippen LogP contribution in [0.1, 0.15) is 26.7 Å². The lowest BCUT2D eigenvalue weighted by molar-refractivity contribution is -0.142. The Hall–Kier alpha value is -0.130. The van der Waals surface area contributed by atoms with Gasteiger partial charge in [0.2, 0.25) is 0 Å². The fourth-order valence-corrected chi connectivity index (χ4v) is 2.24. The molecular formula is C11H19BrO4. The van der Waals surface area contributed by atoms with Crippen molar-refractivity contribution in [1.82, 2.24) is 0 Å². The molecule has 0 aromatic rings. The molecular weight excluding hydrogens is 276 g/mol. The smallest absolute Gasteiger partial charge is 0.321 e. The average molecular weight is 295 g/mol. The maximum Gasteiger partial charge on any atom is 0.321 e. The topological polar surface area (TPSA) is 44.8 Å². The van der Waals surface area contributed by atoms with Gasteiger partial charge in [-0.05, 0) is 26.7 Å². The highest BCUT2D eigenvalue weighted by molar-refractivity contribution is 9.10. The van der Waals surface area contributed by atoms with Crippen LogP contribution in [0.5, 0.6) is 0 Å². The van der Waals surface area contributed by atoms with Crippen LogP contribution >= 0.6 is 15.9 Å². The molecule has 1 saturated heterocycles. The largest absolute Gasteiger partial charge is 0.468 e. The molecule has 0 N–H and O–H groups in total. The third kappa shape index (κ3) is 4.39. The summed E-state index contributed by atoms with van der Waals surface area (Å²) in [6.45, 7) is 4.42. The molecule has 0 aromatic carbocycles. The standard InChI is InChI=1S/C11H19BrO4/c1-7-4-9(5-8(2)16-7)15-6-10(12)11(13)14-3/h7-10H,4-6H2,1-3H3. The summed E-state index contributed by atoms with van der Waals surface area (Å²) >= 11 is 3.23. The number of rotatable bonds is 4. The first-order valence-corrected chi connectivity index (χ1v) is 6.43. The lowest BCUT2D eigenvalue weighted by Gasteiger charge is -2.32. The van der Waals surface area contributed by atoms with Gasteiger partial charge in [0.1, 0.15) is 4.83 Å². The van der Waals surface area contributed by atoms with Gasteiger partial charge in [-0.3, -0.25) is 4.79 Å². The number of carbonyl (C=O) groups excluding carboxylic acids is 1. The van der Waals surface area contributed by atoms with Gasteiger partial charge in [0.25, 0.3) is 0 Å². The fourth-order valence-electron chi connectivity index (χ4n) is 1.90. The molecule has 1 aliphatic rings. The van der Waals surface area contributed by atoms with Gasteiger partial charge >= 0.3 is 5.97 Å². The van der Waals surface area contributed by atoms with E-state index >= 15 is 0 Å². The van der Waals surface area contributed by atoms with Crippen LogP contribution in [-0.4, -0.2) is 42.8 Å². The van der Waals surface area contributed by atoms with Crippen molar-refractivity contribution in [2.24, 2.45) is 0 Å². The molecule has 0 aromatic heterocycles. The van der Waals surface area contributed by atoms with Gasteiger partial charge in [-0.2, -0.15) is 0 Å². The van der Waals surface area contributed by atoms with E-state index in [-0.39, 0.29) is 29.1 Å². The molecule has 1 heterocycles. The van der Waals surface area contributed by atoms with Crippen LogP contribution in [0.4, 0.5) is 0 Å². The summed E-state index contributed by atoms with van der Waals surface area (Å²) in [5, 5.41) is 0. The quantitative estimate of drug-likeness (QED) is 0.587. The van der Waals surface area contributed by atoms with E-state index in [0.717, 1.165) is 12.8 Å². The van der Waals surface area contributed by atoms with Crippen molar-refractivity contribution in [3.63, 3.8) is 0 Å². The lowest BCUT2D eigenvalue weighted by atomic mass is 10.0. The Bertz CT molecular complexity index is 224. The highest BCUT2D eigenvalue weighted by Crippen LogP contribution is 2.22. The Morgan fingerprint density at radius 1 is 1.44 bits per heavy atom. The van der Waals surface area contributed by atoms with E-state index in [1.54, 1.807) is 0 Å². The number of ether oxygens (including phenoxy) is 3. The predicted molar refractivity (Wildman–Crippen MR) is 63.7 cm³/mol. The molecule has 1 aliphatic heterocycles. The van der Waals surface area contributed by atoms with Crippen LogP contribution in [0.25, 0.3) is 0 Å². The minimum atomic E-state index is -0.383. The first-order valence-electron chi connectivity index (χ1n) is 5.52. The molecule has 1 rings (SSSR count). The molecule has 4 nitrogen and oxygen atoms in total. The Morgan fingerprint density at radius 3 is 2.50 bits per heavy atom. The number of hydrogen-bond donors (Lipinski definition) is 0. The van der Waals surface area contributed by atoms with Gasteiger partial charge in [-0.1, -0.05) is 15.9 Å². The van der Waals surface area contributed by atoms with Crippen LogP contribution in [0, 0.1) is 0 Å². The highest BCUT2D eigenvalue weighted by atomic mass is 79.9. The van der Waals surface area contributed by atoms with Gasteiger partial charge < -0.3 is 14.2 Å². The second kappa shape index (κ2) is 6.57. The van der Waals surface area contributed by atoms with Gasteiger partial charge in [0.05, 0.1) is 32.0 Å². The minimum Gasteiger partial charge on any atom is -0.468 e. The number of alkyl halides is 1. The maximum atomic E-state index is 11.1. The van der Waals surface area contributed by atoms with E-state index in [9.17, 15) is 4.79 Å². The third-order valence-corrected chi connectivity index (χ3v) is 3.23. The zero-order chi connectivity index (χ0) is 12.1. The predicted octanol–water partition coefficient (Wildman–Crippen LogP) is 1.90. The number of esters is 1. The molecule has 3 atom stereocenters. The molecule has 0 spiro atoms. The summed E-state index contributed by atoms with van der Waals surface area (Å²) in [4.78, 5) is 10.8. The fraction of sp³-hybridized carbons (Fsp3) is 0.909. The van der Waals surface area contributed by atoms with Crippen molar-refractivity contribution >= 4 is 21.9 Å². The van der Waals surface area contributed by atoms with Crippen molar-refractivity contribution in [3.8, 4) is 0 Å². The molecule has 16 heavy (non-hydrogen) atoms. The summed E-state index contributed by atoms with van der Waals surface area (Å²) < 4.78 is 15.9. The van der Waals surface area contributed by atoms with E-state index < -0.39 is 0 Å². The van der Waals surface area contributed by atoms with Crippen molar-refractivity contribution < 1.29 is 19.0 Å². The second-order valence-corrected chi connectivity index (χ2v) is 5.28. The van der Waals surface area contributed by atoms with Gasteiger partial charge in [-0.25, -0.2) is 0 Å². The van der Waals surface area contributed by atoms with E-state index in [1.165, 1.54) is 7.11 Å². The molecule has 0 amide bonds. The van der Waals surface area contributed by atoms with Crippen LogP contribution in [0.3, 0.4) is 0 Å². The van der Waals surface area contributed by atoms with Crippen molar-refractivity contribution in [1.29, 1.82) is 0 Å². The van der Waals surface area contributed by atoms with Crippen LogP contribution < -0.4 is 0 Å². The van der Waals surface area contributed by atoms with E-state index in [4.69, 9.17) is 9.47 Å². The van der Waals surface area contributed by atoms with Crippen molar-refractivity contribution in [3.05, 3.63) is 0 Å². The second-order valence-electron chi connectivity index (χ2n) is 4.17. The molecule has 0 radical (unpaired) electrons. The van der Waals surface area contributed by atoms with Crippen molar-refractivity contribution in [2.75, 3.05) is 13.7 Å². The Labute approximate surface area is 105 Å². The van der Waals surface area contributed by atoms with E-state index in [0.29, 0.717) is 6.61 Å². The van der Waals surface area contributed by atoms with Crippen molar-refractivity contribution in [2.45, 2.75) is 49.8 Å². The van der Waals surface area contributed by atoms with Crippen LogP contribution in [0.15, 0.2) is 0 Å². The molecule has 5 heteroatoms. The van der Waals surface area contributed by atoms with Crippen LogP contribution in [-0.2, 0) is 19.0 Å². The molecule has 0 bridgehead atoms. The normalized spacial score (nSPS) is 32.1. The Morgan fingerprint density at radius 2 is 2.00 bits per heavy atom. The van der Waals surface area contributed by atoms with E-state index in [1.807, 2.05) is 13.8 Å². The third-order valence-electron chi connectivity index (χ3n) is 2.59.